The molecule has 0 aliphatic heterocycles. The van der Waals surface area contributed by atoms with Crippen LogP contribution in [0.2, 0.25) is 0 Å². The highest BCUT2D eigenvalue weighted by Gasteiger charge is 2.20. The minimum atomic E-state index is 0.591. The van der Waals surface area contributed by atoms with Crippen molar-refractivity contribution >= 4 is 43.5 Å². The van der Waals surface area contributed by atoms with E-state index in [-0.39, 0.29) is 0 Å². The van der Waals surface area contributed by atoms with Crippen molar-refractivity contribution in [3.63, 3.8) is 0 Å². The molecular weight excluding hydrogens is 623 g/mol. The lowest BCUT2D eigenvalue weighted by Gasteiger charge is -2.12. The lowest BCUT2D eigenvalue weighted by molar-refractivity contribution is 0.669. The van der Waals surface area contributed by atoms with Gasteiger partial charge in [-0.1, -0.05) is 146 Å². The van der Waals surface area contributed by atoms with E-state index in [4.69, 9.17) is 19.4 Å². The van der Waals surface area contributed by atoms with Gasteiger partial charge in [-0.15, -0.1) is 0 Å². The Bertz CT molecular complexity index is 2910. The molecule has 4 nitrogen and oxygen atoms in total. The lowest BCUT2D eigenvalue weighted by atomic mass is 9.96. The van der Waals surface area contributed by atoms with Crippen molar-refractivity contribution in [2.75, 3.05) is 0 Å². The smallest absolute Gasteiger partial charge is 0.164 e. The summed E-state index contributed by atoms with van der Waals surface area (Å²) in [6.07, 6.45) is 0. The number of rotatable bonds is 5. The molecule has 10 aromatic rings. The second-order valence-electron chi connectivity index (χ2n) is 12.8. The molecule has 0 radical (unpaired) electrons. The molecule has 0 atom stereocenters. The van der Waals surface area contributed by atoms with Crippen LogP contribution in [0.15, 0.2) is 180 Å². The Morgan fingerprint density at radius 3 is 1.71 bits per heavy atom. The molecule has 8 aromatic carbocycles. The van der Waals surface area contributed by atoms with E-state index in [0.29, 0.717) is 17.5 Å². The van der Waals surface area contributed by atoms with Gasteiger partial charge in [0, 0.05) is 27.5 Å². The van der Waals surface area contributed by atoms with E-state index in [1.807, 2.05) is 36.4 Å². The molecule has 4 heteroatoms. The fourth-order valence-corrected chi connectivity index (χ4v) is 7.21. The predicted octanol–water partition coefficient (Wildman–Crippen LogP) is 12.4. The van der Waals surface area contributed by atoms with Crippen molar-refractivity contribution in [2.45, 2.75) is 0 Å². The van der Waals surface area contributed by atoms with Gasteiger partial charge < -0.3 is 4.42 Å². The molecule has 51 heavy (non-hydrogen) atoms. The van der Waals surface area contributed by atoms with Gasteiger partial charge in [-0.2, -0.15) is 0 Å². The molecule has 0 amide bonds. The molecule has 0 bridgehead atoms. The van der Waals surface area contributed by atoms with Gasteiger partial charge in [0.25, 0.3) is 0 Å². The molecule has 238 valence electrons. The van der Waals surface area contributed by atoms with E-state index in [2.05, 4.69) is 140 Å². The summed E-state index contributed by atoms with van der Waals surface area (Å²) in [5, 5.41) is 6.70. The van der Waals surface area contributed by atoms with E-state index in [9.17, 15) is 0 Å². The Kier molecular flexibility index (Phi) is 6.78. The molecule has 0 aliphatic rings. The minimum Gasteiger partial charge on any atom is -0.456 e. The summed E-state index contributed by atoms with van der Waals surface area (Å²) in [4.78, 5) is 15.6. The van der Waals surface area contributed by atoms with Crippen LogP contribution in [0, 0.1) is 0 Å². The summed E-state index contributed by atoms with van der Waals surface area (Å²) in [7, 11) is 0. The van der Waals surface area contributed by atoms with Crippen LogP contribution in [0.1, 0.15) is 0 Å². The molecule has 2 aromatic heterocycles. The van der Waals surface area contributed by atoms with Gasteiger partial charge >= 0.3 is 0 Å². The SMILES string of the molecule is c1ccc(-c2cc(-c3nc(-c4ccccc4)nc(-c4cccc(-c5cccc6ccccc56)c4)n3)c3c(c2)oc2cc4ccccc4cc23)cc1. The number of benzene rings is 8. The first-order valence-electron chi connectivity index (χ1n) is 17.1. The number of hydrogen-bond donors (Lipinski definition) is 0. The third kappa shape index (κ3) is 5.13. The van der Waals surface area contributed by atoms with Gasteiger partial charge in [0.05, 0.1) is 0 Å². The Morgan fingerprint density at radius 1 is 0.314 bits per heavy atom. The number of fused-ring (bicyclic) bond motifs is 5. The second kappa shape index (κ2) is 11.9. The molecule has 0 aliphatic carbocycles. The zero-order valence-corrected chi connectivity index (χ0v) is 27.5. The molecule has 0 spiro atoms. The normalized spacial score (nSPS) is 11.5. The van der Waals surface area contributed by atoms with Gasteiger partial charge in [-0.3, -0.25) is 0 Å². The average molecular weight is 652 g/mol. The van der Waals surface area contributed by atoms with Crippen molar-refractivity contribution in [2.24, 2.45) is 0 Å². The predicted molar refractivity (Wildman–Crippen MR) is 209 cm³/mol. The first-order valence-corrected chi connectivity index (χ1v) is 17.1. The van der Waals surface area contributed by atoms with Gasteiger partial charge in [0.2, 0.25) is 0 Å². The summed E-state index contributed by atoms with van der Waals surface area (Å²) in [5.41, 5.74) is 8.75. The van der Waals surface area contributed by atoms with Crippen LogP contribution >= 0.6 is 0 Å². The van der Waals surface area contributed by atoms with Crippen molar-refractivity contribution in [3.05, 3.63) is 176 Å². The van der Waals surface area contributed by atoms with Crippen molar-refractivity contribution in [3.8, 4) is 56.4 Å². The monoisotopic (exact) mass is 651 g/mol. The molecule has 0 N–H and O–H groups in total. The third-order valence-corrected chi connectivity index (χ3v) is 9.68. The zero-order chi connectivity index (χ0) is 33.7. The summed E-state index contributed by atoms with van der Waals surface area (Å²) < 4.78 is 6.64. The lowest BCUT2D eigenvalue weighted by Crippen LogP contribution is -2.01. The highest BCUT2D eigenvalue weighted by Crippen LogP contribution is 2.41. The third-order valence-electron chi connectivity index (χ3n) is 9.68. The van der Waals surface area contributed by atoms with E-state index < -0.39 is 0 Å². The Morgan fingerprint density at radius 2 is 0.902 bits per heavy atom. The molecule has 0 fully saturated rings. The summed E-state index contributed by atoms with van der Waals surface area (Å²) in [6.45, 7) is 0. The van der Waals surface area contributed by atoms with Gasteiger partial charge in [0.1, 0.15) is 11.2 Å². The summed E-state index contributed by atoms with van der Waals surface area (Å²) in [5.74, 6) is 1.81. The van der Waals surface area contributed by atoms with Crippen LogP contribution in [0.5, 0.6) is 0 Å². The van der Waals surface area contributed by atoms with Crippen LogP contribution < -0.4 is 0 Å². The summed E-state index contributed by atoms with van der Waals surface area (Å²) in [6, 6.07) is 61.0. The van der Waals surface area contributed by atoms with Crippen molar-refractivity contribution in [1.29, 1.82) is 0 Å². The Hall–Kier alpha value is -6.91. The number of nitrogens with zero attached hydrogens (tertiary/aromatic N) is 3. The van der Waals surface area contributed by atoms with E-state index in [0.717, 1.165) is 66.1 Å². The van der Waals surface area contributed by atoms with Gasteiger partial charge in [-0.05, 0) is 74.1 Å². The number of furan rings is 1. The number of hydrogen-bond acceptors (Lipinski definition) is 4. The molecule has 2 heterocycles. The minimum absolute atomic E-state index is 0.591. The van der Waals surface area contributed by atoms with E-state index in [1.165, 1.54) is 16.3 Å². The highest BCUT2D eigenvalue weighted by atomic mass is 16.3. The maximum Gasteiger partial charge on any atom is 0.164 e. The summed E-state index contributed by atoms with van der Waals surface area (Å²) >= 11 is 0. The van der Waals surface area contributed by atoms with Crippen LogP contribution in [0.4, 0.5) is 0 Å². The largest absolute Gasteiger partial charge is 0.456 e. The van der Waals surface area contributed by atoms with Crippen molar-refractivity contribution < 1.29 is 4.42 Å². The average Bonchev–Trinajstić information content (AvgIpc) is 3.57. The molecule has 10 rings (SSSR count). The fraction of sp³-hybridized carbons (Fsp3) is 0. The number of aromatic nitrogens is 3. The highest BCUT2D eigenvalue weighted by molar-refractivity contribution is 6.16. The van der Waals surface area contributed by atoms with Crippen molar-refractivity contribution in [1.82, 2.24) is 15.0 Å². The molecule has 0 saturated carbocycles. The first-order chi connectivity index (χ1) is 25.2. The maximum atomic E-state index is 6.64. The van der Waals surface area contributed by atoms with Gasteiger partial charge in [0.15, 0.2) is 17.5 Å². The van der Waals surface area contributed by atoms with Crippen LogP contribution in [-0.2, 0) is 0 Å². The Labute approximate surface area is 294 Å². The zero-order valence-electron chi connectivity index (χ0n) is 27.5. The fourth-order valence-electron chi connectivity index (χ4n) is 7.21. The van der Waals surface area contributed by atoms with Crippen LogP contribution in [-0.4, -0.2) is 15.0 Å². The quantitative estimate of drug-likeness (QED) is 0.186. The standard InChI is InChI=1S/C47H29N3O/c1-3-13-30(14-4-1)37-27-41(44-40-26-33-18-7-8-19-34(33)28-42(40)51-43(44)29-37)47-49-45(32-16-5-2-6-17-32)48-46(50-47)36-22-11-21-35(25-36)39-24-12-20-31-15-9-10-23-38(31)39/h1-29H. The molecule has 0 saturated heterocycles. The topological polar surface area (TPSA) is 51.8 Å². The van der Waals surface area contributed by atoms with E-state index in [1.54, 1.807) is 0 Å². The molecular formula is C47H29N3O. The van der Waals surface area contributed by atoms with E-state index >= 15 is 0 Å². The Balaban J connectivity index is 1.24. The maximum absolute atomic E-state index is 6.64. The van der Waals surface area contributed by atoms with Crippen LogP contribution in [0.3, 0.4) is 0 Å². The molecule has 0 unspecified atom stereocenters. The first kappa shape index (κ1) is 29.0. The van der Waals surface area contributed by atoms with Crippen LogP contribution in [0.25, 0.3) is 99.9 Å². The second-order valence-corrected chi connectivity index (χ2v) is 12.8. The van der Waals surface area contributed by atoms with Gasteiger partial charge in [-0.25, -0.2) is 15.0 Å².